The van der Waals surface area contributed by atoms with Crippen LogP contribution in [-0.2, 0) is 0 Å². The highest BCUT2D eigenvalue weighted by atomic mass is 16.6. The average molecular weight is 418 g/mol. The molecule has 1 aliphatic rings. The quantitative estimate of drug-likeness (QED) is 0.360. The van der Waals surface area contributed by atoms with E-state index in [9.17, 15) is 14.9 Å². The molecule has 1 aromatic heterocycles. The third-order valence-electron chi connectivity index (χ3n) is 5.28. The third-order valence-corrected chi connectivity index (χ3v) is 5.28. The van der Waals surface area contributed by atoms with Crippen molar-refractivity contribution in [3.63, 3.8) is 0 Å². The molecule has 2 heterocycles. The number of rotatable bonds is 6. The number of non-ortho nitro benzene ring substituents is 1. The van der Waals surface area contributed by atoms with E-state index in [4.69, 9.17) is 4.42 Å². The first-order valence-electron chi connectivity index (χ1n) is 10.0. The van der Waals surface area contributed by atoms with Crippen LogP contribution in [0.2, 0.25) is 0 Å². The number of nitro groups is 1. The average Bonchev–Trinajstić information content (AvgIpc) is 3.46. The number of carbonyl (C=O) groups excluding carboxylic acids is 1. The maximum Gasteiger partial charge on any atom is 0.271 e. The molecule has 0 atom stereocenters. The van der Waals surface area contributed by atoms with Crippen LogP contribution in [0, 0.1) is 17.0 Å². The van der Waals surface area contributed by atoms with Crippen LogP contribution in [0.3, 0.4) is 0 Å². The Morgan fingerprint density at radius 1 is 1.13 bits per heavy atom. The predicted molar refractivity (Wildman–Crippen MR) is 118 cm³/mol. The number of amides is 1. The van der Waals surface area contributed by atoms with E-state index in [1.54, 1.807) is 30.3 Å². The minimum Gasteiger partial charge on any atom is -0.455 e. The fourth-order valence-electron chi connectivity index (χ4n) is 3.57. The summed E-state index contributed by atoms with van der Waals surface area (Å²) < 4.78 is 5.72. The van der Waals surface area contributed by atoms with Gasteiger partial charge >= 0.3 is 0 Å². The molecule has 1 saturated heterocycles. The predicted octanol–water partition coefficient (Wildman–Crippen LogP) is 4.53. The molecule has 1 fully saturated rings. The van der Waals surface area contributed by atoms with E-state index in [1.165, 1.54) is 31.2 Å². The van der Waals surface area contributed by atoms with Gasteiger partial charge in [0.05, 0.1) is 11.1 Å². The van der Waals surface area contributed by atoms with Crippen molar-refractivity contribution < 1.29 is 14.1 Å². The van der Waals surface area contributed by atoms with Crippen LogP contribution in [0.4, 0.5) is 11.4 Å². The van der Waals surface area contributed by atoms with E-state index in [0.717, 1.165) is 24.3 Å². The molecule has 0 unspecified atom stereocenters. The first-order chi connectivity index (χ1) is 15.0. The maximum absolute atomic E-state index is 12.3. The van der Waals surface area contributed by atoms with Crippen molar-refractivity contribution in [2.45, 2.75) is 19.8 Å². The lowest BCUT2D eigenvalue weighted by atomic mass is 10.1. The van der Waals surface area contributed by atoms with Crippen LogP contribution in [-0.4, -0.2) is 30.1 Å². The van der Waals surface area contributed by atoms with Crippen molar-refractivity contribution in [1.82, 2.24) is 5.43 Å². The van der Waals surface area contributed by atoms with Gasteiger partial charge in [-0.15, -0.1) is 0 Å². The van der Waals surface area contributed by atoms with Gasteiger partial charge in [0.15, 0.2) is 0 Å². The third kappa shape index (κ3) is 4.63. The number of nitrogens with zero attached hydrogens (tertiary/aromatic N) is 3. The highest BCUT2D eigenvalue weighted by Crippen LogP contribution is 2.28. The Bertz CT molecular complexity index is 1130. The monoisotopic (exact) mass is 418 g/mol. The van der Waals surface area contributed by atoms with E-state index in [1.807, 2.05) is 19.1 Å². The van der Waals surface area contributed by atoms with E-state index >= 15 is 0 Å². The van der Waals surface area contributed by atoms with Crippen LogP contribution >= 0.6 is 0 Å². The van der Waals surface area contributed by atoms with Gasteiger partial charge in [-0.25, -0.2) is 5.43 Å². The van der Waals surface area contributed by atoms with Gasteiger partial charge in [0.25, 0.3) is 11.6 Å². The standard InChI is InChI=1S/C23H22N4O4/c1-16-4-7-19(27(29)30)14-21(16)22-11-10-20(31-22)15-24-25-23(28)17-5-8-18(9-6-17)26-12-2-3-13-26/h4-11,14-15H,2-3,12-13H2,1H3,(H,25,28)/b24-15-. The number of nitro benzene ring substituents is 1. The second-order valence-corrected chi connectivity index (χ2v) is 7.40. The topological polar surface area (TPSA) is 101 Å². The van der Waals surface area contributed by atoms with E-state index < -0.39 is 4.92 Å². The second-order valence-electron chi connectivity index (χ2n) is 7.40. The van der Waals surface area contributed by atoms with Gasteiger partial charge in [-0.2, -0.15) is 5.10 Å². The van der Waals surface area contributed by atoms with Gasteiger partial charge < -0.3 is 9.32 Å². The lowest BCUT2D eigenvalue weighted by Crippen LogP contribution is -2.19. The van der Waals surface area contributed by atoms with Gasteiger partial charge in [0, 0.05) is 42.0 Å². The molecule has 1 aliphatic heterocycles. The number of aryl methyl sites for hydroxylation is 1. The largest absolute Gasteiger partial charge is 0.455 e. The number of anilines is 1. The van der Waals surface area contributed by atoms with Gasteiger partial charge in [0.2, 0.25) is 0 Å². The van der Waals surface area contributed by atoms with Crippen molar-refractivity contribution in [3.8, 4) is 11.3 Å². The normalized spacial score (nSPS) is 13.6. The van der Waals surface area contributed by atoms with Crippen molar-refractivity contribution in [2.75, 3.05) is 18.0 Å². The molecule has 0 aliphatic carbocycles. The number of hydrazone groups is 1. The highest BCUT2D eigenvalue weighted by Gasteiger charge is 2.14. The summed E-state index contributed by atoms with van der Waals surface area (Å²) in [5, 5.41) is 15.0. The highest BCUT2D eigenvalue weighted by molar-refractivity contribution is 5.95. The second kappa shape index (κ2) is 8.83. The number of nitrogens with one attached hydrogen (secondary N) is 1. The molecule has 0 bridgehead atoms. The zero-order valence-electron chi connectivity index (χ0n) is 17.1. The molecule has 1 amide bonds. The summed E-state index contributed by atoms with van der Waals surface area (Å²) >= 11 is 0. The molecule has 4 rings (SSSR count). The Labute approximate surface area is 179 Å². The van der Waals surface area contributed by atoms with Crippen LogP contribution in [0.25, 0.3) is 11.3 Å². The summed E-state index contributed by atoms with van der Waals surface area (Å²) in [7, 11) is 0. The summed E-state index contributed by atoms with van der Waals surface area (Å²) in [6, 6.07) is 15.5. The molecule has 2 aromatic carbocycles. The van der Waals surface area contributed by atoms with Crippen LogP contribution < -0.4 is 10.3 Å². The lowest BCUT2D eigenvalue weighted by Gasteiger charge is -2.17. The minimum absolute atomic E-state index is 0.00442. The molecule has 0 radical (unpaired) electrons. The number of furan rings is 1. The van der Waals surface area contributed by atoms with Gasteiger partial charge in [-0.1, -0.05) is 6.07 Å². The minimum atomic E-state index is -0.443. The van der Waals surface area contributed by atoms with Crippen LogP contribution in [0.15, 0.2) is 64.1 Å². The summed E-state index contributed by atoms with van der Waals surface area (Å²) in [6.07, 6.45) is 3.80. The number of benzene rings is 2. The summed E-state index contributed by atoms with van der Waals surface area (Å²) in [6.45, 7) is 3.96. The molecule has 158 valence electrons. The van der Waals surface area contributed by atoms with Crippen LogP contribution in [0.1, 0.15) is 34.5 Å². The Hall–Kier alpha value is -3.94. The Kier molecular flexibility index (Phi) is 5.79. The number of hydrogen-bond donors (Lipinski definition) is 1. The van der Waals surface area contributed by atoms with Gasteiger partial charge in [-0.3, -0.25) is 14.9 Å². The first-order valence-corrected chi connectivity index (χ1v) is 10.0. The molecule has 8 nitrogen and oxygen atoms in total. The Morgan fingerprint density at radius 3 is 2.58 bits per heavy atom. The van der Waals surface area contributed by atoms with E-state index in [2.05, 4.69) is 15.4 Å². The van der Waals surface area contributed by atoms with Crippen molar-refractivity contribution in [3.05, 3.63) is 81.6 Å². The van der Waals surface area contributed by atoms with Gasteiger partial charge in [0.1, 0.15) is 11.5 Å². The number of carbonyl (C=O) groups is 1. The summed E-state index contributed by atoms with van der Waals surface area (Å²) in [5.74, 6) is 0.600. The summed E-state index contributed by atoms with van der Waals surface area (Å²) in [5.41, 5.74) is 5.62. The molecular formula is C23H22N4O4. The first kappa shape index (κ1) is 20.3. The smallest absolute Gasteiger partial charge is 0.271 e. The van der Waals surface area contributed by atoms with Crippen molar-refractivity contribution in [2.24, 2.45) is 5.10 Å². The fourth-order valence-corrected chi connectivity index (χ4v) is 3.57. The maximum atomic E-state index is 12.3. The van der Waals surface area contributed by atoms with Crippen LogP contribution in [0.5, 0.6) is 0 Å². The zero-order chi connectivity index (χ0) is 21.8. The lowest BCUT2D eigenvalue weighted by molar-refractivity contribution is -0.384. The zero-order valence-corrected chi connectivity index (χ0v) is 17.1. The van der Waals surface area contributed by atoms with Crippen molar-refractivity contribution in [1.29, 1.82) is 0 Å². The fraction of sp³-hybridized carbons (Fsp3) is 0.217. The van der Waals surface area contributed by atoms with E-state index in [0.29, 0.717) is 22.6 Å². The molecule has 8 heteroatoms. The molecule has 31 heavy (non-hydrogen) atoms. The Balaban J connectivity index is 1.40. The molecule has 0 spiro atoms. The molecule has 0 saturated carbocycles. The van der Waals surface area contributed by atoms with E-state index in [-0.39, 0.29) is 11.6 Å². The number of hydrogen-bond acceptors (Lipinski definition) is 6. The molecular weight excluding hydrogens is 396 g/mol. The summed E-state index contributed by atoms with van der Waals surface area (Å²) in [4.78, 5) is 25.2. The van der Waals surface area contributed by atoms with Crippen molar-refractivity contribution >= 4 is 23.5 Å². The SMILES string of the molecule is Cc1ccc([N+](=O)[O-])cc1-c1ccc(/C=N\NC(=O)c2ccc(N3CCCC3)cc2)o1. The molecule has 3 aromatic rings. The molecule has 1 N–H and O–H groups in total. The Morgan fingerprint density at radius 2 is 1.87 bits per heavy atom. The van der Waals surface area contributed by atoms with Gasteiger partial charge in [-0.05, 0) is 61.7 Å².